The second-order valence-corrected chi connectivity index (χ2v) is 9.59. The summed E-state index contributed by atoms with van der Waals surface area (Å²) >= 11 is 1.51. The van der Waals surface area contributed by atoms with Gasteiger partial charge in [0.25, 0.3) is 5.56 Å². The number of hydrogen-bond donors (Lipinski definition) is 0. The van der Waals surface area contributed by atoms with Crippen LogP contribution in [0.5, 0.6) is 11.5 Å². The van der Waals surface area contributed by atoms with Gasteiger partial charge >= 0.3 is 5.97 Å². The van der Waals surface area contributed by atoms with Crippen LogP contribution in [0, 0.1) is 0 Å². The van der Waals surface area contributed by atoms with Crippen molar-refractivity contribution in [3.05, 3.63) is 92.6 Å². The predicted octanol–water partition coefficient (Wildman–Crippen LogP) is 6.07. The number of thiophene rings is 1. The summed E-state index contributed by atoms with van der Waals surface area (Å²) in [7, 11) is 1.62. The van der Waals surface area contributed by atoms with Crippen LogP contribution in [0.15, 0.2) is 65.5 Å². The van der Waals surface area contributed by atoms with Gasteiger partial charge in [0.1, 0.15) is 11.3 Å². The SMILES string of the molecule is CCCCOc1c(C(=O)OCC)c2sc(Cc3ccccc3)cc2n(Cc2ccc(OC)cc2)c1=O. The number of fused-ring (bicyclic) bond motifs is 1. The summed E-state index contributed by atoms with van der Waals surface area (Å²) in [5.41, 5.74) is 2.70. The van der Waals surface area contributed by atoms with Gasteiger partial charge in [0.2, 0.25) is 5.75 Å². The van der Waals surface area contributed by atoms with Gasteiger partial charge < -0.3 is 14.2 Å². The highest BCUT2D eigenvalue weighted by Gasteiger charge is 2.26. The quantitative estimate of drug-likeness (QED) is 0.183. The number of nitrogens with zero attached hydrogens (tertiary/aromatic N) is 1. The van der Waals surface area contributed by atoms with E-state index in [0.29, 0.717) is 29.8 Å². The third kappa shape index (κ3) is 5.62. The molecule has 4 rings (SSSR count). The summed E-state index contributed by atoms with van der Waals surface area (Å²) in [6, 6.07) is 19.8. The van der Waals surface area contributed by atoms with Gasteiger partial charge in [-0.05, 0) is 42.7 Å². The van der Waals surface area contributed by atoms with E-state index in [1.54, 1.807) is 18.6 Å². The standard InChI is InChI=1S/C29H31NO5S/c1-4-6-16-35-26-25(29(32)34-5-2)27-24(18-23(36-27)17-20-10-8-7-9-11-20)30(28(26)31)19-21-12-14-22(33-3)15-13-21/h7-15,18H,4-6,16-17,19H2,1-3H3. The number of hydrogen-bond acceptors (Lipinski definition) is 6. The zero-order valence-corrected chi connectivity index (χ0v) is 21.7. The predicted molar refractivity (Wildman–Crippen MR) is 144 cm³/mol. The average molecular weight is 506 g/mol. The van der Waals surface area contributed by atoms with Crippen LogP contribution in [0.25, 0.3) is 10.2 Å². The van der Waals surface area contributed by atoms with E-state index in [9.17, 15) is 9.59 Å². The van der Waals surface area contributed by atoms with Gasteiger partial charge in [-0.1, -0.05) is 55.8 Å². The number of carbonyl (C=O) groups excluding carboxylic acids is 1. The first-order valence-electron chi connectivity index (χ1n) is 12.2. The van der Waals surface area contributed by atoms with Gasteiger partial charge in [-0.15, -0.1) is 11.3 Å². The van der Waals surface area contributed by atoms with Gasteiger partial charge in [0.15, 0.2) is 0 Å². The molecular formula is C29H31NO5S. The van der Waals surface area contributed by atoms with Crippen LogP contribution in [0.1, 0.15) is 53.1 Å². The largest absolute Gasteiger partial charge is 0.497 e. The van der Waals surface area contributed by atoms with Crippen LogP contribution in [-0.2, 0) is 17.7 Å². The Morgan fingerprint density at radius 3 is 2.42 bits per heavy atom. The highest BCUT2D eigenvalue weighted by molar-refractivity contribution is 7.19. The third-order valence-corrected chi connectivity index (χ3v) is 7.03. The topological polar surface area (TPSA) is 66.8 Å². The fraction of sp³-hybridized carbons (Fsp3) is 0.310. The molecule has 0 unspecified atom stereocenters. The number of methoxy groups -OCH3 is 1. The molecule has 0 bridgehead atoms. The molecule has 0 aliphatic rings. The fourth-order valence-electron chi connectivity index (χ4n) is 4.05. The van der Waals surface area contributed by atoms with E-state index in [-0.39, 0.29) is 23.5 Å². The van der Waals surface area contributed by atoms with E-state index in [0.717, 1.165) is 34.6 Å². The lowest BCUT2D eigenvalue weighted by molar-refractivity contribution is 0.0523. The lowest BCUT2D eigenvalue weighted by Crippen LogP contribution is -2.26. The van der Waals surface area contributed by atoms with E-state index < -0.39 is 5.97 Å². The number of carbonyl (C=O) groups is 1. The molecule has 0 spiro atoms. The molecule has 6 nitrogen and oxygen atoms in total. The van der Waals surface area contributed by atoms with E-state index in [1.807, 2.05) is 48.5 Å². The molecule has 0 aliphatic carbocycles. The molecule has 2 aromatic carbocycles. The molecule has 0 atom stereocenters. The first-order chi connectivity index (χ1) is 17.5. The third-order valence-electron chi connectivity index (χ3n) is 5.89. The van der Waals surface area contributed by atoms with Crippen LogP contribution < -0.4 is 15.0 Å². The Kier molecular flexibility index (Phi) is 8.44. The van der Waals surface area contributed by atoms with Crippen LogP contribution in [0.4, 0.5) is 0 Å². The average Bonchev–Trinajstić information content (AvgIpc) is 3.30. The Labute approximate surface area is 215 Å². The van der Waals surface area contributed by atoms with Gasteiger partial charge in [-0.25, -0.2) is 4.79 Å². The van der Waals surface area contributed by atoms with Crippen molar-refractivity contribution >= 4 is 27.5 Å². The van der Waals surface area contributed by atoms with Crippen molar-refractivity contribution in [2.75, 3.05) is 20.3 Å². The highest BCUT2D eigenvalue weighted by atomic mass is 32.1. The lowest BCUT2D eigenvalue weighted by atomic mass is 10.1. The van der Waals surface area contributed by atoms with Crippen LogP contribution in [-0.4, -0.2) is 30.9 Å². The van der Waals surface area contributed by atoms with Gasteiger partial charge in [-0.3, -0.25) is 9.36 Å². The fourth-order valence-corrected chi connectivity index (χ4v) is 5.27. The Hall–Kier alpha value is -3.58. The Bertz CT molecular complexity index is 1370. The zero-order chi connectivity index (χ0) is 25.5. The van der Waals surface area contributed by atoms with E-state index >= 15 is 0 Å². The number of esters is 1. The molecule has 7 heteroatoms. The number of benzene rings is 2. The summed E-state index contributed by atoms with van der Waals surface area (Å²) in [6.45, 7) is 4.72. The normalized spacial score (nSPS) is 11.0. The maximum absolute atomic E-state index is 13.8. The Morgan fingerprint density at radius 2 is 1.75 bits per heavy atom. The second-order valence-electron chi connectivity index (χ2n) is 8.46. The molecule has 0 aliphatic heterocycles. The van der Waals surface area contributed by atoms with Crippen molar-refractivity contribution in [3.8, 4) is 11.5 Å². The van der Waals surface area contributed by atoms with Gasteiger partial charge in [0, 0.05) is 11.3 Å². The van der Waals surface area contributed by atoms with Crippen LogP contribution in [0.3, 0.4) is 0 Å². The van der Waals surface area contributed by atoms with Crippen molar-refractivity contribution in [1.82, 2.24) is 4.57 Å². The molecule has 2 heterocycles. The van der Waals surface area contributed by atoms with Gasteiger partial charge in [-0.2, -0.15) is 0 Å². The first kappa shape index (κ1) is 25.5. The van der Waals surface area contributed by atoms with E-state index in [2.05, 4.69) is 19.1 Å². The molecule has 0 amide bonds. The first-order valence-corrected chi connectivity index (χ1v) is 13.0. The lowest BCUT2D eigenvalue weighted by Gasteiger charge is -2.16. The van der Waals surface area contributed by atoms with Crippen molar-refractivity contribution in [2.45, 2.75) is 39.7 Å². The maximum atomic E-state index is 13.8. The van der Waals surface area contributed by atoms with Gasteiger partial charge in [0.05, 0.1) is 37.1 Å². The summed E-state index contributed by atoms with van der Waals surface area (Å²) in [4.78, 5) is 28.0. The van der Waals surface area contributed by atoms with Crippen molar-refractivity contribution < 1.29 is 19.0 Å². The molecule has 2 aromatic heterocycles. The summed E-state index contributed by atoms with van der Waals surface area (Å²) in [5.74, 6) is 0.282. The van der Waals surface area contributed by atoms with Crippen molar-refractivity contribution in [3.63, 3.8) is 0 Å². The molecule has 0 fully saturated rings. The number of unbranched alkanes of at least 4 members (excludes halogenated alkanes) is 1. The summed E-state index contributed by atoms with van der Waals surface area (Å²) < 4.78 is 19.0. The van der Waals surface area contributed by atoms with Crippen LogP contribution >= 0.6 is 11.3 Å². The van der Waals surface area contributed by atoms with Crippen molar-refractivity contribution in [2.24, 2.45) is 0 Å². The second kappa shape index (κ2) is 11.9. The highest BCUT2D eigenvalue weighted by Crippen LogP contribution is 2.34. The minimum atomic E-state index is -0.532. The molecular weight excluding hydrogens is 474 g/mol. The number of aromatic nitrogens is 1. The number of rotatable bonds is 11. The summed E-state index contributed by atoms with van der Waals surface area (Å²) in [6.07, 6.45) is 2.39. The van der Waals surface area contributed by atoms with E-state index in [1.165, 1.54) is 11.3 Å². The summed E-state index contributed by atoms with van der Waals surface area (Å²) in [5, 5.41) is 0. The molecule has 0 saturated carbocycles. The zero-order valence-electron chi connectivity index (χ0n) is 20.9. The molecule has 0 radical (unpaired) electrons. The molecule has 4 aromatic rings. The monoisotopic (exact) mass is 505 g/mol. The maximum Gasteiger partial charge on any atom is 0.343 e. The molecule has 0 N–H and O–H groups in total. The number of pyridine rings is 1. The number of ether oxygens (including phenoxy) is 3. The van der Waals surface area contributed by atoms with E-state index in [4.69, 9.17) is 14.2 Å². The Balaban J connectivity index is 1.89. The smallest absolute Gasteiger partial charge is 0.343 e. The molecule has 188 valence electrons. The van der Waals surface area contributed by atoms with Crippen LogP contribution in [0.2, 0.25) is 0 Å². The Morgan fingerprint density at radius 1 is 1.00 bits per heavy atom. The minimum absolute atomic E-state index is 0.0658. The molecule has 36 heavy (non-hydrogen) atoms. The minimum Gasteiger partial charge on any atom is -0.497 e. The molecule has 0 saturated heterocycles. The van der Waals surface area contributed by atoms with Crippen molar-refractivity contribution in [1.29, 1.82) is 0 Å².